The monoisotopic (exact) mass is 392 g/mol. The van der Waals surface area contributed by atoms with Crippen molar-refractivity contribution in [2.24, 2.45) is 0 Å². The van der Waals surface area contributed by atoms with Crippen molar-refractivity contribution in [3.63, 3.8) is 0 Å². The first-order valence-corrected chi connectivity index (χ1v) is 9.58. The van der Waals surface area contributed by atoms with Crippen LogP contribution in [0, 0.1) is 6.92 Å². The van der Waals surface area contributed by atoms with E-state index >= 15 is 0 Å². The van der Waals surface area contributed by atoms with Crippen molar-refractivity contribution in [2.75, 3.05) is 11.1 Å². The van der Waals surface area contributed by atoms with Crippen LogP contribution >= 0.6 is 0 Å². The van der Waals surface area contributed by atoms with Gasteiger partial charge in [-0.05, 0) is 36.8 Å². The highest BCUT2D eigenvalue weighted by molar-refractivity contribution is 7.79. The minimum Gasteiger partial charge on any atom is -0.398 e. The number of nitrogens with two attached hydrogens (primary N) is 1. The normalized spacial score (nSPS) is 13.6. The average Bonchev–Trinajstić information content (AvgIpc) is 2.68. The summed E-state index contributed by atoms with van der Waals surface area (Å²) in [7, 11) is 0. The fraction of sp³-hybridized carbons (Fsp3) is 0.0476. The lowest BCUT2D eigenvalue weighted by molar-refractivity contribution is 0.0980. The SMILES string of the molecule is Cc1ccc(Nc2ccc(N)c3c2C(=O)c2ccccc2C3=O)c(S(=O)O)c1. The molecule has 6 nitrogen and oxygen atoms in total. The molecule has 0 aromatic heterocycles. The predicted molar refractivity (Wildman–Crippen MR) is 108 cm³/mol. The average molecular weight is 392 g/mol. The number of carbonyl (C=O) groups is 2. The number of rotatable bonds is 3. The lowest BCUT2D eigenvalue weighted by atomic mass is 9.82. The summed E-state index contributed by atoms with van der Waals surface area (Å²) in [6.45, 7) is 1.81. The van der Waals surface area contributed by atoms with Crippen molar-refractivity contribution in [1.29, 1.82) is 0 Å². The molecule has 0 radical (unpaired) electrons. The van der Waals surface area contributed by atoms with E-state index in [0.29, 0.717) is 22.5 Å². The molecule has 0 saturated heterocycles. The van der Waals surface area contributed by atoms with Gasteiger partial charge >= 0.3 is 0 Å². The molecule has 0 fully saturated rings. The van der Waals surface area contributed by atoms with Gasteiger partial charge in [-0.2, -0.15) is 0 Å². The highest BCUT2D eigenvalue weighted by Crippen LogP contribution is 2.37. The Morgan fingerprint density at radius 2 is 1.50 bits per heavy atom. The predicted octanol–water partition coefficient (Wildman–Crippen LogP) is 3.68. The molecular formula is C21H16N2O4S. The van der Waals surface area contributed by atoms with Crippen LogP contribution in [0.3, 0.4) is 0 Å². The quantitative estimate of drug-likeness (QED) is 0.362. The number of hydrogen-bond acceptors (Lipinski definition) is 5. The first-order valence-electron chi connectivity index (χ1n) is 8.48. The molecule has 3 aromatic carbocycles. The van der Waals surface area contributed by atoms with E-state index in [9.17, 15) is 18.4 Å². The fourth-order valence-electron chi connectivity index (χ4n) is 3.37. The number of fused-ring (bicyclic) bond motifs is 2. The zero-order valence-electron chi connectivity index (χ0n) is 14.9. The van der Waals surface area contributed by atoms with Crippen LogP contribution in [0.15, 0.2) is 59.5 Å². The molecule has 0 spiro atoms. The Labute approximate surface area is 163 Å². The van der Waals surface area contributed by atoms with Gasteiger partial charge in [-0.25, -0.2) is 4.21 Å². The molecule has 4 N–H and O–H groups in total. The van der Waals surface area contributed by atoms with Crippen LogP contribution in [0.25, 0.3) is 0 Å². The number of benzene rings is 3. The maximum atomic E-state index is 13.1. The first-order chi connectivity index (χ1) is 13.4. The Morgan fingerprint density at radius 3 is 2.14 bits per heavy atom. The summed E-state index contributed by atoms with van der Waals surface area (Å²) in [4.78, 5) is 26.3. The van der Waals surface area contributed by atoms with Crippen molar-refractivity contribution in [1.82, 2.24) is 0 Å². The molecule has 1 atom stereocenters. The molecule has 1 aliphatic rings. The smallest absolute Gasteiger partial charge is 0.196 e. The molecule has 4 rings (SSSR count). The zero-order chi connectivity index (χ0) is 20.0. The standard InChI is InChI=1S/C21H16N2O4S/c1-11-6-8-15(17(10-11)28(26)27)23-16-9-7-14(22)18-19(16)21(25)13-5-3-2-4-12(13)20(18)24/h2-10,23H,22H2,1H3,(H,26,27). The van der Waals surface area contributed by atoms with Gasteiger partial charge in [-0.1, -0.05) is 30.3 Å². The van der Waals surface area contributed by atoms with E-state index < -0.39 is 11.1 Å². The van der Waals surface area contributed by atoms with Crippen LogP contribution in [0.1, 0.15) is 37.4 Å². The Bertz CT molecular complexity index is 1190. The third kappa shape index (κ3) is 2.81. The van der Waals surface area contributed by atoms with E-state index in [1.165, 1.54) is 0 Å². The third-order valence-corrected chi connectivity index (χ3v) is 5.42. The van der Waals surface area contributed by atoms with Gasteiger partial charge in [0.2, 0.25) is 0 Å². The first kappa shape index (κ1) is 18.1. The number of hydrogen-bond donors (Lipinski definition) is 3. The highest BCUT2D eigenvalue weighted by Gasteiger charge is 2.33. The van der Waals surface area contributed by atoms with Gasteiger partial charge in [-0.3, -0.25) is 9.59 Å². The van der Waals surface area contributed by atoms with Crippen LogP contribution in [-0.4, -0.2) is 20.3 Å². The van der Waals surface area contributed by atoms with Crippen molar-refractivity contribution in [3.05, 3.63) is 82.4 Å². The minimum absolute atomic E-state index is 0.146. The third-order valence-electron chi connectivity index (χ3n) is 4.70. The van der Waals surface area contributed by atoms with Crippen molar-refractivity contribution in [2.45, 2.75) is 11.8 Å². The second-order valence-electron chi connectivity index (χ2n) is 6.53. The van der Waals surface area contributed by atoms with E-state index in [0.717, 1.165) is 5.56 Å². The molecule has 0 saturated carbocycles. The molecule has 7 heteroatoms. The van der Waals surface area contributed by atoms with Gasteiger partial charge in [0.25, 0.3) is 0 Å². The molecule has 0 bridgehead atoms. The summed E-state index contributed by atoms with van der Waals surface area (Å²) in [5, 5.41) is 3.04. The molecule has 28 heavy (non-hydrogen) atoms. The lowest BCUT2D eigenvalue weighted by Crippen LogP contribution is -2.23. The van der Waals surface area contributed by atoms with Gasteiger partial charge in [0.05, 0.1) is 27.4 Å². The van der Waals surface area contributed by atoms with Crippen LogP contribution < -0.4 is 11.1 Å². The molecule has 3 aromatic rings. The maximum absolute atomic E-state index is 13.1. The topological polar surface area (TPSA) is 109 Å². The molecule has 1 aliphatic carbocycles. The van der Waals surface area contributed by atoms with Gasteiger partial charge in [-0.15, -0.1) is 0 Å². The molecule has 0 heterocycles. The minimum atomic E-state index is -2.22. The Balaban J connectivity index is 1.90. The van der Waals surface area contributed by atoms with Gasteiger partial charge < -0.3 is 15.6 Å². The molecule has 0 aliphatic heterocycles. The zero-order valence-corrected chi connectivity index (χ0v) is 15.7. The summed E-state index contributed by atoms with van der Waals surface area (Å²) in [6, 6.07) is 14.8. The van der Waals surface area contributed by atoms with E-state index in [2.05, 4.69) is 5.32 Å². The number of nitrogens with one attached hydrogen (secondary N) is 1. The van der Waals surface area contributed by atoms with Crippen LogP contribution in [0.2, 0.25) is 0 Å². The Hall–Kier alpha value is -3.29. The van der Waals surface area contributed by atoms with Crippen LogP contribution in [0.5, 0.6) is 0 Å². The van der Waals surface area contributed by atoms with Gasteiger partial charge in [0.15, 0.2) is 22.6 Å². The number of ketones is 2. The van der Waals surface area contributed by atoms with Crippen molar-refractivity contribution >= 4 is 39.7 Å². The number of carbonyl (C=O) groups excluding carboxylic acids is 2. The molecule has 140 valence electrons. The number of anilines is 3. The molecule has 1 unspecified atom stereocenters. The molecular weight excluding hydrogens is 376 g/mol. The molecule has 0 amide bonds. The highest BCUT2D eigenvalue weighted by atomic mass is 32.2. The largest absolute Gasteiger partial charge is 0.398 e. The summed E-state index contributed by atoms with van der Waals surface area (Å²) >= 11 is -2.22. The van der Waals surface area contributed by atoms with Gasteiger partial charge in [0.1, 0.15) is 0 Å². The van der Waals surface area contributed by atoms with Crippen LogP contribution in [0.4, 0.5) is 17.1 Å². The Morgan fingerprint density at radius 1 is 0.893 bits per heavy atom. The maximum Gasteiger partial charge on any atom is 0.196 e. The van der Waals surface area contributed by atoms with E-state index in [4.69, 9.17) is 5.73 Å². The lowest BCUT2D eigenvalue weighted by Gasteiger charge is -2.22. The van der Waals surface area contributed by atoms with Crippen molar-refractivity contribution < 1.29 is 18.4 Å². The summed E-state index contributed by atoms with van der Waals surface area (Å²) in [5.41, 5.74) is 8.72. The number of aryl methyl sites for hydroxylation is 1. The van der Waals surface area contributed by atoms with E-state index in [-0.39, 0.29) is 33.3 Å². The fourth-order valence-corrected chi connectivity index (χ4v) is 3.97. The second-order valence-corrected chi connectivity index (χ2v) is 7.47. The number of nitrogen functional groups attached to an aromatic ring is 1. The van der Waals surface area contributed by atoms with E-state index in [1.54, 1.807) is 54.6 Å². The van der Waals surface area contributed by atoms with Crippen LogP contribution in [-0.2, 0) is 11.1 Å². The second kappa shape index (κ2) is 6.70. The van der Waals surface area contributed by atoms with E-state index in [1.807, 2.05) is 6.92 Å². The summed E-state index contributed by atoms with van der Waals surface area (Å²) in [5.74, 6) is -0.639. The van der Waals surface area contributed by atoms with Gasteiger partial charge in [0, 0.05) is 16.8 Å². The summed E-state index contributed by atoms with van der Waals surface area (Å²) in [6.07, 6.45) is 0. The Kier molecular flexibility index (Phi) is 4.33. The summed E-state index contributed by atoms with van der Waals surface area (Å²) < 4.78 is 21.3. The van der Waals surface area contributed by atoms with Crippen molar-refractivity contribution in [3.8, 4) is 0 Å².